The van der Waals surface area contributed by atoms with Crippen molar-refractivity contribution < 1.29 is 4.79 Å². The number of thioether (sulfide) groups is 1. The van der Waals surface area contributed by atoms with Gasteiger partial charge in [0.2, 0.25) is 5.91 Å². The Kier molecular flexibility index (Phi) is 6.09. The van der Waals surface area contributed by atoms with Gasteiger partial charge in [0.15, 0.2) is 11.5 Å². The molecule has 0 aliphatic rings. The van der Waals surface area contributed by atoms with E-state index in [1.54, 1.807) is 11.8 Å². The van der Waals surface area contributed by atoms with Crippen molar-refractivity contribution in [2.75, 3.05) is 12.0 Å². The summed E-state index contributed by atoms with van der Waals surface area (Å²) in [5, 5.41) is 11.6. The molecule has 0 saturated heterocycles. The van der Waals surface area contributed by atoms with E-state index >= 15 is 0 Å². The molecule has 0 aliphatic carbocycles. The third kappa shape index (κ3) is 4.61. The van der Waals surface area contributed by atoms with Gasteiger partial charge >= 0.3 is 0 Å². The molecule has 1 N–H and O–H groups in total. The van der Waals surface area contributed by atoms with Crippen LogP contribution in [0.4, 0.5) is 0 Å². The van der Waals surface area contributed by atoms with Gasteiger partial charge in [-0.25, -0.2) is 0 Å². The lowest BCUT2D eigenvalue weighted by Gasteiger charge is -2.17. The molecule has 1 atom stereocenters. The molecule has 0 unspecified atom stereocenters. The summed E-state index contributed by atoms with van der Waals surface area (Å²) in [5.74, 6) is 1.69. The van der Waals surface area contributed by atoms with Crippen LogP contribution in [-0.2, 0) is 11.2 Å². The van der Waals surface area contributed by atoms with Crippen LogP contribution in [0.3, 0.4) is 0 Å². The highest BCUT2D eigenvalue weighted by molar-refractivity contribution is 9.10. The van der Waals surface area contributed by atoms with Crippen LogP contribution in [0.5, 0.6) is 0 Å². The van der Waals surface area contributed by atoms with E-state index in [1.165, 1.54) is 0 Å². The number of carbonyl (C=O) groups excluding carboxylic acids is 1. The van der Waals surface area contributed by atoms with Crippen LogP contribution in [0.15, 0.2) is 53.1 Å². The predicted octanol–water partition coefficient (Wildman–Crippen LogP) is 3.64. The maximum Gasteiger partial charge on any atom is 0.225 e. The lowest BCUT2D eigenvalue weighted by atomic mass is 10.1. The number of halogens is 1. The van der Waals surface area contributed by atoms with E-state index in [2.05, 4.69) is 37.7 Å². The molecule has 0 spiro atoms. The largest absolute Gasteiger partial charge is 0.346 e. The number of benzene rings is 1. The Morgan fingerprint density at radius 2 is 2.04 bits per heavy atom. The van der Waals surface area contributed by atoms with Gasteiger partial charge in [-0.15, -0.1) is 10.2 Å². The molecule has 2 heterocycles. The van der Waals surface area contributed by atoms with E-state index in [9.17, 15) is 4.79 Å². The van der Waals surface area contributed by atoms with Crippen molar-refractivity contribution in [1.82, 2.24) is 19.9 Å². The van der Waals surface area contributed by atoms with E-state index in [1.807, 2.05) is 53.1 Å². The van der Waals surface area contributed by atoms with Crippen LogP contribution in [0.2, 0.25) is 0 Å². The number of fused-ring (bicyclic) bond motifs is 1. The summed E-state index contributed by atoms with van der Waals surface area (Å²) in [7, 11) is 0. The van der Waals surface area contributed by atoms with Crippen molar-refractivity contribution in [3.8, 4) is 0 Å². The van der Waals surface area contributed by atoms with Crippen LogP contribution >= 0.6 is 27.7 Å². The number of carbonyl (C=O) groups is 1. The van der Waals surface area contributed by atoms with Crippen molar-refractivity contribution in [2.24, 2.45) is 0 Å². The third-order valence-corrected chi connectivity index (χ3v) is 5.05. The Bertz CT molecular complexity index is 850. The van der Waals surface area contributed by atoms with E-state index in [4.69, 9.17) is 0 Å². The molecule has 0 aliphatic heterocycles. The highest BCUT2D eigenvalue weighted by atomic mass is 79.9. The first-order valence-electron chi connectivity index (χ1n) is 8.00. The smallest absolute Gasteiger partial charge is 0.225 e. The fourth-order valence-corrected chi connectivity index (χ4v) is 3.37. The van der Waals surface area contributed by atoms with Crippen LogP contribution in [0, 0.1) is 0 Å². The Hall–Kier alpha value is -1.86. The molecule has 0 fully saturated rings. The van der Waals surface area contributed by atoms with Crippen molar-refractivity contribution in [3.63, 3.8) is 0 Å². The van der Waals surface area contributed by atoms with E-state index < -0.39 is 0 Å². The summed E-state index contributed by atoms with van der Waals surface area (Å²) in [6.07, 6.45) is 5.14. The molecule has 3 aromatic rings. The maximum absolute atomic E-state index is 12.5. The predicted molar refractivity (Wildman–Crippen MR) is 105 cm³/mol. The first-order valence-corrected chi connectivity index (χ1v) is 10.2. The normalized spacial score (nSPS) is 12.2. The molecule has 1 aromatic carbocycles. The summed E-state index contributed by atoms with van der Waals surface area (Å²) in [5.41, 5.74) is 1.77. The molecule has 0 radical (unpaired) electrons. The highest BCUT2D eigenvalue weighted by Gasteiger charge is 2.20. The van der Waals surface area contributed by atoms with Gasteiger partial charge in [-0.05, 0) is 48.3 Å². The molecule has 25 heavy (non-hydrogen) atoms. The minimum Gasteiger partial charge on any atom is -0.346 e. The molecule has 130 valence electrons. The first-order chi connectivity index (χ1) is 12.2. The number of nitrogens with one attached hydrogen (secondary N) is 1. The topological polar surface area (TPSA) is 59.3 Å². The maximum atomic E-state index is 12.5. The molecule has 7 heteroatoms. The summed E-state index contributed by atoms with van der Waals surface area (Å²) < 4.78 is 2.94. The number of aromatic nitrogens is 3. The van der Waals surface area contributed by atoms with Gasteiger partial charge in [-0.2, -0.15) is 11.8 Å². The number of hydrogen-bond acceptors (Lipinski definition) is 4. The minimum absolute atomic E-state index is 0.0129. The van der Waals surface area contributed by atoms with Crippen LogP contribution < -0.4 is 5.32 Å². The molecule has 2 aromatic heterocycles. The molecule has 3 rings (SSSR count). The van der Waals surface area contributed by atoms with Gasteiger partial charge in [0.05, 0.1) is 12.5 Å². The zero-order valence-electron chi connectivity index (χ0n) is 13.9. The Labute approximate surface area is 159 Å². The fraction of sp³-hybridized carbons (Fsp3) is 0.278. The monoisotopic (exact) mass is 418 g/mol. The van der Waals surface area contributed by atoms with Crippen LogP contribution in [0.25, 0.3) is 5.65 Å². The fourth-order valence-electron chi connectivity index (χ4n) is 2.63. The SMILES string of the molecule is CSCC[C@H](NC(=O)Cc1ccc(Br)cc1)c1nnc2ccccn12. The Balaban J connectivity index is 1.76. The van der Waals surface area contributed by atoms with Crippen molar-refractivity contribution in [2.45, 2.75) is 18.9 Å². The lowest BCUT2D eigenvalue weighted by Crippen LogP contribution is -2.31. The number of hydrogen-bond donors (Lipinski definition) is 1. The molecule has 5 nitrogen and oxygen atoms in total. The number of amides is 1. The van der Waals surface area contributed by atoms with Gasteiger partial charge in [0.25, 0.3) is 0 Å². The van der Waals surface area contributed by atoms with Gasteiger partial charge in [-0.3, -0.25) is 9.20 Å². The van der Waals surface area contributed by atoms with Crippen molar-refractivity contribution in [1.29, 1.82) is 0 Å². The Morgan fingerprint density at radius 1 is 1.24 bits per heavy atom. The quantitative estimate of drug-likeness (QED) is 0.635. The average molecular weight is 419 g/mol. The molecule has 1 amide bonds. The van der Waals surface area contributed by atoms with E-state index in [-0.39, 0.29) is 11.9 Å². The van der Waals surface area contributed by atoms with Gasteiger partial charge in [0, 0.05) is 10.7 Å². The molecule has 0 bridgehead atoms. The second-order valence-electron chi connectivity index (χ2n) is 5.69. The number of pyridine rings is 1. The van der Waals surface area contributed by atoms with Crippen LogP contribution in [-0.4, -0.2) is 32.5 Å². The second kappa shape index (κ2) is 8.49. The average Bonchev–Trinajstić information content (AvgIpc) is 3.04. The Morgan fingerprint density at radius 3 is 2.80 bits per heavy atom. The number of rotatable bonds is 7. The summed E-state index contributed by atoms with van der Waals surface area (Å²) in [6, 6.07) is 13.4. The zero-order valence-corrected chi connectivity index (χ0v) is 16.3. The summed E-state index contributed by atoms with van der Waals surface area (Å²) >= 11 is 5.16. The van der Waals surface area contributed by atoms with E-state index in [0.29, 0.717) is 6.42 Å². The summed E-state index contributed by atoms with van der Waals surface area (Å²) in [6.45, 7) is 0. The van der Waals surface area contributed by atoms with Crippen LogP contribution in [0.1, 0.15) is 23.9 Å². The van der Waals surface area contributed by atoms with Crippen molar-refractivity contribution in [3.05, 3.63) is 64.5 Å². The lowest BCUT2D eigenvalue weighted by molar-refractivity contribution is -0.121. The molecular weight excluding hydrogens is 400 g/mol. The van der Waals surface area contributed by atoms with E-state index in [0.717, 1.165) is 33.7 Å². The third-order valence-electron chi connectivity index (χ3n) is 3.88. The van der Waals surface area contributed by atoms with Gasteiger partial charge < -0.3 is 5.32 Å². The minimum atomic E-state index is -0.159. The second-order valence-corrected chi connectivity index (χ2v) is 7.59. The van der Waals surface area contributed by atoms with Gasteiger partial charge in [0.1, 0.15) is 0 Å². The zero-order chi connectivity index (χ0) is 17.6. The first kappa shape index (κ1) is 17.9. The summed E-state index contributed by atoms with van der Waals surface area (Å²) in [4.78, 5) is 12.5. The molecule has 0 saturated carbocycles. The highest BCUT2D eigenvalue weighted by Crippen LogP contribution is 2.19. The molecular formula is C18H19BrN4OS. The van der Waals surface area contributed by atoms with Gasteiger partial charge in [-0.1, -0.05) is 34.1 Å². The number of nitrogens with zero attached hydrogens (tertiary/aromatic N) is 3. The van der Waals surface area contributed by atoms with Crippen molar-refractivity contribution >= 4 is 39.2 Å². The standard InChI is InChI=1S/C18H19BrN4OS/c1-25-11-9-15(18-22-21-16-4-2-3-10-23(16)18)20-17(24)12-13-5-7-14(19)8-6-13/h2-8,10,15H,9,11-12H2,1H3,(H,20,24)/t15-/m0/s1.